The summed E-state index contributed by atoms with van der Waals surface area (Å²) in [5, 5.41) is 0.0787. The summed E-state index contributed by atoms with van der Waals surface area (Å²) in [6, 6.07) is 9.40. The fourth-order valence-corrected chi connectivity index (χ4v) is 2.96. The summed E-state index contributed by atoms with van der Waals surface area (Å²) in [6.07, 6.45) is 2.66. The molecule has 3 aromatic rings. The van der Waals surface area contributed by atoms with Crippen LogP contribution in [0.15, 0.2) is 42.2 Å². The average Bonchev–Trinajstić information content (AvgIpc) is 2.91. The van der Waals surface area contributed by atoms with Gasteiger partial charge in [0.05, 0.1) is 19.1 Å². The SMILES string of the molecule is Nc1nc(Cl)c2ncn(/C=C3/C(COCc4ccccc4)C3(F)F)c2n1. The average molecular weight is 378 g/mol. The molecule has 2 N–H and O–H groups in total. The molecule has 2 heterocycles. The van der Waals surface area contributed by atoms with Gasteiger partial charge in [0, 0.05) is 11.8 Å². The van der Waals surface area contributed by atoms with Gasteiger partial charge in [-0.15, -0.1) is 0 Å². The molecule has 0 spiro atoms. The lowest BCUT2D eigenvalue weighted by Crippen LogP contribution is -2.03. The van der Waals surface area contributed by atoms with Gasteiger partial charge < -0.3 is 10.5 Å². The Balaban J connectivity index is 1.51. The monoisotopic (exact) mass is 377 g/mol. The van der Waals surface area contributed by atoms with E-state index < -0.39 is 11.8 Å². The molecule has 134 valence electrons. The number of halogens is 3. The first-order chi connectivity index (χ1) is 12.5. The van der Waals surface area contributed by atoms with Crippen LogP contribution >= 0.6 is 11.6 Å². The van der Waals surface area contributed by atoms with E-state index in [2.05, 4.69) is 15.0 Å². The molecule has 1 atom stereocenters. The summed E-state index contributed by atoms with van der Waals surface area (Å²) in [5.41, 5.74) is 7.04. The van der Waals surface area contributed by atoms with Crippen molar-refractivity contribution in [3.05, 3.63) is 52.9 Å². The molecule has 1 aromatic carbocycles. The number of hydrogen-bond donors (Lipinski definition) is 1. The number of aromatic nitrogens is 4. The van der Waals surface area contributed by atoms with E-state index in [1.54, 1.807) is 0 Å². The minimum Gasteiger partial charge on any atom is -0.376 e. The molecule has 0 saturated heterocycles. The Morgan fingerprint density at radius 3 is 2.81 bits per heavy atom. The zero-order valence-electron chi connectivity index (χ0n) is 13.4. The highest BCUT2D eigenvalue weighted by Gasteiger charge is 2.63. The lowest BCUT2D eigenvalue weighted by molar-refractivity contribution is 0.0509. The summed E-state index contributed by atoms with van der Waals surface area (Å²) < 4.78 is 35.0. The van der Waals surface area contributed by atoms with Gasteiger partial charge in [0.2, 0.25) is 5.95 Å². The minimum atomic E-state index is -2.92. The largest absolute Gasteiger partial charge is 0.376 e. The van der Waals surface area contributed by atoms with Crippen LogP contribution in [0.25, 0.3) is 17.4 Å². The molecule has 0 aliphatic heterocycles. The second-order valence-corrected chi connectivity index (χ2v) is 6.32. The van der Waals surface area contributed by atoms with Gasteiger partial charge in [-0.25, -0.2) is 13.8 Å². The van der Waals surface area contributed by atoms with Gasteiger partial charge in [0.15, 0.2) is 10.8 Å². The number of ether oxygens (including phenoxy) is 1. The number of nitrogen functional groups attached to an aromatic ring is 1. The fourth-order valence-electron chi connectivity index (χ4n) is 2.74. The van der Waals surface area contributed by atoms with Crippen molar-refractivity contribution < 1.29 is 13.5 Å². The van der Waals surface area contributed by atoms with Gasteiger partial charge in [-0.05, 0) is 5.56 Å². The molecule has 1 aliphatic rings. The summed E-state index contributed by atoms with van der Waals surface area (Å²) in [4.78, 5) is 11.8. The van der Waals surface area contributed by atoms with Crippen molar-refractivity contribution in [2.24, 2.45) is 5.92 Å². The van der Waals surface area contributed by atoms with Crippen molar-refractivity contribution in [3.63, 3.8) is 0 Å². The van der Waals surface area contributed by atoms with Gasteiger partial charge in [-0.1, -0.05) is 41.9 Å². The fraction of sp³-hybridized carbons (Fsp3) is 0.235. The van der Waals surface area contributed by atoms with E-state index in [9.17, 15) is 8.78 Å². The van der Waals surface area contributed by atoms with Crippen molar-refractivity contribution in [2.75, 3.05) is 12.3 Å². The van der Waals surface area contributed by atoms with Gasteiger partial charge in [0.25, 0.3) is 5.92 Å². The number of benzene rings is 1. The summed E-state index contributed by atoms with van der Waals surface area (Å²) in [5.74, 6) is -3.94. The Hall–Kier alpha value is -2.58. The second kappa shape index (κ2) is 6.30. The smallest absolute Gasteiger partial charge is 0.280 e. The van der Waals surface area contributed by atoms with Gasteiger partial charge in [-0.2, -0.15) is 9.97 Å². The van der Waals surface area contributed by atoms with E-state index in [1.165, 1.54) is 17.1 Å². The molecule has 1 unspecified atom stereocenters. The van der Waals surface area contributed by atoms with E-state index in [4.69, 9.17) is 22.1 Å². The van der Waals surface area contributed by atoms with Gasteiger partial charge in [0.1, 0.15) is 11.8 Å². The lowest BCUT2D eigenvalue weighted by atomic mass is 10.2. The molecule has 9 heteroatoms. The van der Waals surface area contributed by atoms with Crippen LogP contribution in [0.4, 0.5) is 14.7 Å². The maximum atomic E-state index is 14.1. The standard InChI is InChI=1S/C17H14ClF2N5O/c18-14-13-15(24-16(21)23-14)25(9-22-13)6-11-12(17(11,19)20)8-26-7-10-4-2-1-3-5-10/h1-6,9,12H,7-8H2,(H2,21,23,24)/b11-6-. The maximum absolute atomic E-state index is 14.1. The molecule has 0 bridgehead atoms. The third-order valence-electron chi connectivity index (χ3n) is 4.19. The quantitative estimate of drug-likeness (QED) is 0.689. The van der Waals surface area contributed by atoms with E-state index in [-0.39, 0.29) is 35.5 Å². The Morgan fingerprint density at radius 1 is 1.27 bits per heavy atom. The van der Waals surface area contributed by atoms with E-state index in [1.807, 2.05) is 30.3 Å². The van der Waals surface area contributed by atoms with Crippen molar-refractivity contribution in [2.45, 2.75) is 12.5 Å². The first-order valence-electron chi connectivity index (χ1n) is 7.84. The predicted molar refractivity (Wildman–Crippen MR) is 93.6 cm³/mol. The molecule has 2 aromatic heterocycles. The number of alkyl halides is 2. The number of nitrogens with two attached hydrogens (primary N) is 1. The van der Waals surface area contributed by atoms with Crippen LogP contribution in [0.3, 0.4) is 0 Å². The number of hydrogen-bond acceptors (Lipinski definition) is 5. The predicted octanol–water partition coefficient (Wildman–Crippen LogP) is 3.38. The molecule has 6 nitrogen and oxygen atoms in total. The molecule has 1 saturated carbocycles. The van der Waals surface area contributed by atoms with Crippen LogP contribution in [-0.4, -0.2) is 32.0 Å². The maximum Gasteiger partial charge on any atom is 0.280 e. The van der Waals surface area contributed by atoms with Crippen molar-refractivity contribution in [3.8, 4) is 0 Å². The number of imidazole rings is 1. The third-order valence-corrected chi connectivity index (χ3v) is 4.45. The Morgan fingerprint density at radius 2 is 2.04 bits per heavy atom. The van der Waals surface area contributed by atoms with Crippen LogP contribution in [0, 0.1) is 5.92 Å². The van der Waals surface area contributed by atoms with E-state index >= 15 is 0 Å². The highest BCUT2D eigenvalue weighted by molar-refractivity contribution is 6.33. The van der Waals surface area contributed by atoms with Crippen molar-refractivity contribution in [1.82, 2.24) is 19.5 Å². The summed E-state index contributed by atoms with van der Waals surface area (Å²) in [7, 11) is 0. The van der Waals surface area contributed by atoms with Crippen molar-refractivity contribution >= 4 is 34.9 Å². The Bertz CT molecular complexity index is 989. The molecule has 26 heavy (non-hydrogen) atoms. The molecular formula is C17H14ClF2N5O. The number of rotatable bonds is 5. The topological polar surface area (TPSA) is 78.8 Å². The Labute approximate surface area is 152 Å². The van der Waals surface area contributed by atoms with Crippen LogP contribution in [0.2, 0.25) is 5.15 Å². The molecule has 1 aliphatic carbocycles. The molecule has 1 fully saturated rings. The first kappa shape index (κ1) is 16.9. The number of anilines is 1. The highest BCUT2D eigenvalue weighted by atomic mass is 35.5. The number of fused-ring (bicyclic) bond motifs is 1. The minimum absolute atomic E-state index is 0.0434. The zero-order valence-corrected chi connectivity index (χ0v) is 14.2. The zero-order chi connectivity index (χ0) is 18.3. The van der Waals surface area contributed by atoms with Gasteiger partial charge >= 0.3 is 0 Å². The second-order valence-electron chi connectivity index (χ2n) is 5.96. The van der Waals surface area contributed by atoms with E-state index in [0.29, 0.717) is 5.52 Å². The van der Waals surface area contributed by atoms with Crippen molar-refractivity contribution in [1.29, 1.82) is 0 Å². The van der Waals surface area contributed by atoms with Crippen LogP contribution in [0.1, 0.15) is 5.56 Å². The first-order valence-corrected chi connectivity index (χ1v) is 8.22. The molecule has 4 rings (SSSR count). The number of nitrogens with zero attached hydrogens (tertiary/aromatic N) is 4. The molecule has 0 amide bonds. The normalized spacial score (nSPS) is 20.0. The van der Waals surface area contributed by atoms with E-state index in [0.717, 1.165) is 5.56 Å². The third kappa shape index (κ3) is 3.02. The van der Waals surface area contributed by atoms with Crippen LogP contribution < -0.4 is 5.73 Å². The van der Waals surface area contributed by atoms with Gasteiger partial charge in [-0.3, -0.25) is 4.57 Å². The van der Waals surface area contributed by atoms with Crippen LogP contribution in [-0.2, 0) is 11.3 Å². The lowest BCUT2D eigenvalue weighted by Gasteiger charge is -2.02. The molecule has 0 radical (unpaired) electrons. The summed E-state index contributed by atoms with van der Waals surface area (Å²) in [6.45, 7) is 0.215. The van der Waals surface area contributed by atoms with Crippen LogP contribution in [0.5, 0.6) is 0 Å². The molecular weight excluding hydrogens is 364 g/mol. The Kier molecular flexibility index (Phi) is 4.08. The summed E-state index contributed by atoms with van der Waals surface area (Å²) >= 11 is 5.94. The highest BCUT2D eigenvalue weighted by Crippen LogP contribution is 2.55.